The second kappa shape index (κ2) is 9.16. The van der Waals surface area contributed by atoms with Gasteiger partial charge in [0.2, 0.25) is 0 Å². The Hall–Kier alpha value is -2.08. The molecule has 2 amide bonds. The topological polar surface area (TPSA) is 46.6 Å². The van der Waals surface area contributed by atoms with E-state index in [1.54, 1.807) is 12.1 Å². The summed E-state index contributed by atoms with van der Waals surface area (Å²) in [7, 11) is 0. The highest BCUT2D eigenvalue weighted by Gasteiger charge is 2.39. The fraction of sp³-hybridized carbons (Fsp3) is 0.304. The fourth-order valence-electron chi connectivity index (χ4n) is 3.18. The molecule has 29 heavy (non-hydrogen) atoms. The molecule has 0 atom stereocenters. The zero-order valence-electron chi connectivity index (χ0n) is 17.0. The SMILES string of the molecule is Cc1ccc(C2=C(Sc3ccc(Cl)cc3)C(=O)N(CCOC(C)C)C2=O)c(C)c1. The third-order valence-corrected chi connectivity index (χ3v) is 5.92. The number of carbonyl (C=O) groups excluding carboxylic acids is 2. The van der Waals surface area contributed by atoms with Crippen LogP contribution in [0.3, 0.4) is 0 Å². The van der Waals surface area contributed by atoms with Crippen LogP contribution >= 0.6 is 23.4 Å². The molecule has 0 saturated carbocycles. The highest BCUT2D eigenvalue weighted by Crippen LogP contribution is 2.40. The lowest BCUT2D eigenvalue weighted by Gasteiger charge is -2.16. The van der Waals surface area contributed by atoms with Crippen LogP contribution in [-0.2, 0) is 14.3 Å². The number of amides is 2. The number of imide groups is 1. The van der Waals surface area contributed by atoms with E-state index >= 15 is 0 Å². The number of thioether (sulfide) groups is 1. The number of nitrogens with zero attached hydrogens (tertiary/aromatic N) is 1. The van der Waals surface area contributed by atoms with E-state index in [-0.39, 0.29) is 24.5 Å². The molecule has 0 aliphatic carbocycles. The standard InChI is InChI=1S/C23H24ClNO3S/c1-14(2)28-12-11-25-22(26)20(19-10-5-15(3)13-16(19)4)21(23(25)27)29-18-8-6-17(24)7-9-18/h5-10,13-14H,11-12H2,1-4H3. The molecule has 2 aromatic carbocycles. The second-order valence-corrected chi connectivity index (χ2v) is 8.78. The first kappa shape index (κ1) is 21.6. The lowest BCUT2D eigenvalue weighted by Crippen LogP contribution is -2.35. The summed E-state index contributed by atoms with van der Waals surface area (Å²) in [6.45, 7) is 8.36. The number of benzene rings is 2. The van der Waals surface area contributed by atoms with E-state index < -0.39 is 0 Å². The first-order chi connectivity index (χ1) is 13.8. The normalized spacial score (nSPS) is 14.5. The zero-order chi connectivity index (χ0) is 21.1. The molecule has 0 saturated heterocycles. The summed E-state index contributed by atoms with van der Waals surface area (Å²) in [6.07, 6.45) is 0.0393. The van der Waals surface area contributed by atoms with E-state index in [1.807, 2.05) is 58.0 Å². The first-order valence-electron chi connectivity index (χ1n) is 9.51. The van der Waals surface area contributed by atoms with Gasteiger partial charge in [0.25, 0.3) is 11.8 Å². The van der Waals surface area contributed by atoms with Crippen molar-refractivity contribution >= 4 is 40.8 Å². The van der Waals surface area contributed by atoms with Crippen molar-refractivity contribution in [1.29, 1.82) is 0 Å². The molecule has 1 heterocycles. The minimum atomic E-state index is -0.280. The number of carbonyl (C=O) groups is 2. The van der Waals surface area contributed by atoms with Crippen molar-refractivity contribution in [3.63, 3.8) is 0 Å². The van der Waals surface area contributed by atoms with Crippen LogP contribution in [0, 0.1) is 13.8 Å². The van der Waals surface area contributed by atoms with Gasteiger partial charge in [0.05, 0.1) is 29.7 Å². The van der Waals surface area contributed by atoms with Crippen LogP contribution in [0.5, 0.6) is 0 Å². The van der Waals surface area contributed by atoms with Crippen molar-refractivity contribution in [2.45, 2.75) is 38.7 Å². The van der Waals surface area contributed by atoms with Crippen LogP contribution in [0.15, 0.2) is 52.3 Å². The molecule has 3 rings (SSSR count). The van der Waals surface area contributed by atoms with Crippen LogP contribution in [0.2, 0.25) is 5.02 Å². The molecule has 0 aromatic heterocycles. The van der Waals surface area contributed by atoms with Crippen molar-refractivity contribution in [3.8, 4) is 0 Å². The van der Waals surface area contributed by atoms with Gasteiger partial charge in [-0.3, -0.25) is 14.5 Å². The smallest absolute Gasteiger partial charge is 0.268 e. The largest absolute Gasteiger partial charge is 0.377 e. The van der Waals surface area contributed by atoms with Crippen molar-refractivity contribution in [2.24, 2.45) is 0 Å². The molecule has 6 heteroatoms. The molecule has 0 radical (unpaired) electrons. The quantitative estimate of drug-likeness (QED) is 0.563. The Morgan fingerprint density at radius 2 is 1.72 bits per heavy atom. The van der Waals surface area contributed by atoms with Gasteiger partial charge >= 0.3 is 0 Å². The Kier molecular flexibility index (Phi) is 6.83. The maximum atomic E-state index is 13.2. The van der Waals surface area contributed by atoms with Gasteiger partial charge in [-0.2, -0.15) is 0 Å². The van der Waals surface area contributed by atoms with Crippen LogP contribution in [0.4, 0.5) is 0 Å². The Morgan fingerprint density at radius 1 is 1.03 bits per heavy atom. The van der Waals surface area contributed by atoms with Gasteiger partial charge in [0, 0.05) is 9.92 Å². The molecule has 0 bridgehead atoms. The number of rotatable bonds is 7. The summed E-state index contributed by atoms with van der Waals surface area (Å²) in [5.41, 5.74) is 3.32. The van der Waals surface area contributed by atoms with Crippen LogP contribution < -0.4 is 0 Å². The van der Waals surface area contributed by atoms with Crippen molar-refractivity contribution in [2.75, 3.05) is 13.2 Å². The Labute approximate surface area is 180 Å². The molecule has 0 fully saturated rings. The summed E-state index contributed by atoms with van der Waals surface area (Å²) in [5.74, 6) is -0.553. The molecule has 152 valence electrons. The highest BCUT2D eigenvalue weighted by atomic mass is 35.5. The number of ether oxygens (including phenoxy) is 1. The second-order valence-electron chi connectivity index (χ2n) is 7.26. The van der Waals surface area contributed by atoms with Crippen LogP contribution in [-0.4, -0.2) is 36.0 Å². The summed E-state index contributed by atoms with van der Waals surface area (Å²) >= 11 is 7.28. The average Bonchev–Trinajstić information content (AvgIpc) is 2.88. The zero-order valence-corrected chi connectivity index (χ0v) is 18.6. The minimum absolute atomic E-state index is 0.0393. The number of aryl methyl sites for hydroxylation is 2. The van der Waals surface area contributed by atoms with E-state index in [0.717, 1.165) is 21.6 Å². The predicted molar refractivity (Wildman–Crippen MR) is 118 cm³/mol. The molecule has 2 aromatic rings. The average molecular weight is 430 g/mol. The van der Waals surface area contributed by atoms with Crippen molar-refractivity contribution in [3.05, 3.63) is 69.1 Å². The molecule has 0 spiro atoms. The summed E-state index contributed by atoms with van der Waals surface area (Å²) < 4.78 is 5.56. The third kappa shape index (κ3) is 4.92. The molecule has 0 N–H and O–H groups in total. The van der Waals surface area contributed by atoms with Gasteiger partial charge in [-0.15, -0.1) is 0 Å². The molecule has 0 unspecified atom stereocenters. The number of halogens is 1. The minimum Gasteiger partial charge on any atom is -0.377 e. The third-order valence-electron chi connectivity index (χ3n) is 4.58. The molecule has 4 nitrogen and oxygen atoms in total. The molecular formula is C23H24ClNO3S. The summed E-state index contributed by atoms with van der Waals surface area (Å²) in [5, 5.41) is 0.624. The lowest BCUT2D eigenvalue weighted by molar-refractivity contribution is -0.137. The predicted octanol–water partition coefficient (Wildman–Crippen LogP) is 5.25. The van der Waals surface area contributed by atoms with E-state index in [9.17, 15) is 9.59 Å². The first-order valence-corrected chi connectivity index (χ1v) is 10.7. The summed E-state index contributed by atoms with van der Waals surface area (Å²) in [4.78, 5) is 29.0. The van der Waals surface area contributed by atoms with Crippen molar-refractivity contribution < 1.29 is 14.3 Å². The maximum Gasteiger partial charge on any atom is 0.268 e. The number of hydrogen-bond acceptors (Lipinski definition) is 4. The van der Waals surface area contributed by atoms with Crippen molar-refractivity contribution in [1.82, 2.24) is 4.90 Å². The van der Waals surface area contributed by atoms with E-state index in [4.69, 9.17) is 16.3 Å². The van der Waals surface area contributed by atoms with Gasteiger partial charge in [0.15, 0.2) is 0 Å². The van der Waals surface area contributed by atoms with Gasteiger partial charge < -0.3 is 4.74 Å². The monoisotopic (exact) mass is 429 g/mol. The molecule has 1 aliphatic heterocycles. The Balaban J connectivity index is 2.00. The Bertz CT molecular complexity index is 967. The van der Waals surface area contributed by atoms with Gasteiger partial charge in [-0.1, -0.05) is 47.1 Å². The van der Waals surface area contributed by atoms with Crippen LogP contribution in [0.25, 0.3) is 5.57 Å². The lowest BCUT2D eigenvalue weighted by atomic mass is 9.99. The van der Waals surface area contributed by atoms with Gasteiger partial charge in [-0.05, 0) is 63.1 Å². The fourth-order valence-corrected chi connectivity index (χ4v) is 4.31. The van der Waals surface area contributed by atoms with E-state index in [0.29, 0.717) is 22.1 Å². The summed E-state index contributed by atoms with van der Waals surface area (Å²) in [6, 6.07) is 13.1. The van der Waals surface area contributed by atoms with Gasteiger partial charge in [0.1, 0.15) is 0 Å². The highest BCUT2D eigenvalue weighted by molar-refractivity contribution is 8.04. The van der Waals surface area contributed by atoms with Gasteiger partial charge in [-0.25, -0.2) is 0 Å². The Morgan fingerprint density at radius 3 is 2.34 bits per heavy atom. The maximum absolute atomic E-state index is 13.2. The molecule has 1 aliphatic rings. The van der Waals surface area contributed by atoms with Crippen LogP contribution in [0.1, 0.15) is 30.5 Å². The number of hydrogen-bond donors (Lipinski definition) is 0. The van der Waals surface area contributed by atoms with E-state index in [2.05, 4.69) is 0 Å². The molecular weight excluding hydrogens is 406 g/mol. The van der Waals surface area contributed by atoms with E-state index in [1.165, 1.54) is 16.7 Å².